The van der Waals surface area contributed by atoms with Crippen LogP contribution in [0.2, 0.25) is 0 Å². The third-order valence-corrected chi connectivity index (χ3v) is 3.10. The molecule has 0 aromatic carbocycles. The Balaban J connectivity index is 2.31. The molecule has 1 rings (SSSR count). The summed E-state index contributed by atoms with van der Waals surface area (Å²) in [6.45, 7) is 12.2. The van der Waals surface area contributed by atoms with Gasteiger partial charge in [0.25, 0.3) is 0 Å². The van der Waals surface area contributed by atoms with Gasteiger partial charge in [-0.2, -0.15) is 0 Å². The first-order chi connectivity index (χ1) is 7.63. The SMILES string of the molecule is C=C(C)CCC(N)C1CN(CCC)CCO1. The van der Waals surface area contributed by atoms with Crippen LogP contribution in [-0.2, 0) is 4.74 Å². The van der Waals surface area contributed by atoms with Crippen molar-refractivity contribution in [1.29, 1.82) is 0 Å². The van der Waals surface area contributed by atoms with Gasteiger partial charge in [0, 0.05) is 19.1 Å². The van der Waals surface area contributed by atoms with Gasteiger partial charge in [-0.1, -0.05) is 12.5 Å². The minimum Gasteiger partial charge on any atom is -0.374 e. The molecule has 1 aliphatic rings. The van der Waals surface area contributed by atoms with Crippen molar-refractivity contribution in [2.24, 2.45) is 5.73 Å². The Morgan fingerprint density at radius 3 is 3.00 bits per heavy atom. The van der Waals surface area contributed by atoms with Crippen molar-refractivity contribution in [1.82, 2.24) is 4.90 Å². The van der Waals surface area contributed by atoms with Crippen molar-refractivity contribution in [3.63, 3.8) is 0 Å². The van der Waals surface area contributed by atoms with E-state index in [1.165, 1.54) is 12.0 Å². The van der Waals surface area contributed by atoms with Crippen LogP contribution in [0.5, 0.6) is 0 Å². The van der Waals surface area contributed by atoms with E-state index < -0.39 is 0 Å². The average molecular weight is 226 g/mol. The van der Waals surface area contributed by atoms with Crippen molar-refractivity contribution in [2.75, 3.05) is 26.2 Å². The molecule has 1 saturated heterocycles. The highest BCUT2D eigenvalue weighted by Crippen LogP contribution is 2.13. The van der Waals surface area contributed by atoms with Crippen LogP contribution >= 0.6 is 0 Å². The number of allylic oxidation sites excluding steroid dienone is 1. The number of rotatable bonds is 6. The average Bonchev–Trinajstić information content (AvgIpc) is 2.26. The fourth-order valence-corrected chi connectivity index (χ4v) is 2.11. The number of nitrogens with two attached hydrogens (primary N) is 1. The van der Waals surface area contributed by atoms with Gasteiger partial charge in [-0.25, -0.2) is 0 Å². The predicted molar refractivity (Wildman–Crippen MR) is 68.5 cm³/mol. The molecule has 1 aliphatic heterocycles. The zero-order chi connectivity index (χ0) is 12.0. The van der Waals surface area contributed by atoms with Crippen LogP contribution in [0.4, 0.5) is 0 Å². The highest BCUT2D eigenvalue weighted by atomic mass is 16.5. The van der Waals surface area contributed by atoms with E-state index in [4.69, 9.17) is 10.5 Å². The third-order valence-electron chi connectivity index (χ3n) is 3.10. The van der Waals surface area contributed by atoms with E-state index in [1.807, 2.05) is 0 Å². The molecule has 0 saturated carbocycles. The molecule has 16 heavy (non-hydrogen) atoms. The van der Waals surface area contributed by atoms with Crippen molar-refractivity contribution in [3.05, 3.63) is 12.2 Å². The maximum atomic E-state index is 6.16. The smallest absolute Gasteiger partial charge is 0.0853 e. The lowest BCUT2D eigenvalue weighted by atomic mass is 10.0. The monoisotopic (exact) mass is 226 g/mol. The summed E-state index contributed by atoms with van der Waals surface area (Å²) in [7, 11) is 0. The van der Waals surface area contributed by atoms with E-state index in [-0.39, 0.29) is 12.1 Å². The topological polar surface area (TPSA) is 38.5 Å². The number of nitrogens with zero attached hydrogens (tertiary/aromatic N) is 1. The molecule has 3 nitrogen and oxygen atoms in total. The molecule has 0 radical (unpaired) electrons. The Bertz CT molecular complexity index is 216. The molecular formula is C13H26N2O. The van der Waals surface area contributed by atoms with E-state index in [9.17, 15) is 0 Å². The van der Waals surface area contributed by atoms with E-state index in [0.29, 0.717) is 0 Å². The Labute approximate surface area is 99.6 Å². The lowest BCUT2D eigenvalue weighted by molar-refractivity contribution is -0.0412. The molecule has 94 valence electrons. The van der Waals surface area contributed by atoms with E-state index in [2.05, 4.69) is 25.3 Å². The normalized spacial score (nSPS) is 24.3. The minimum absolute atomic E-state index is 0.149. The van der Waals surface area contributed by atoms with Crippen LogP contribution < -0.4 is 5.73 Å². The third kappa shape index (κ3) is 4.64. The lowest BCUT2D eigenvalue weighted by Crippen LogP contribution is -2.50. The molecule has 0 bridgehead atoms. The van der Waals surface area contributed by atoms with Gasteiger partial charge >= 0.3 is 0 Å². The summed E-state index contributed by atoms with van der Waals surface area (Å²) in [4.78, 5) is 2.45. The summed E-state index contributed by atoms with van der Waals surface area (Å²) in [6.07, 6.45) is 3.40. The van der Waals surface area contributed by atoms with Crippen LogP contribution in [0.25, 0.3) is 0 Å². The highest BCUT2D eigenvalue weighted by molar-refractivity contribution is 4.91. The zero-order valence-corrected chi connectivity index (χ0v) is 10.7. The van der Waals surface area contributed by atoms with Gasteiger partial charge in [-0.3, -0.25) is 4.90 Å². The van der Waals surface area contributed by atoms with E-state index in [1.54, 1.807) is 0 Å². The van der Waals surface area contributed by atoms with Gasteiger partial charge in [0.1, 0.15) is 0 Å². The molecule has 1 heterocycles. The van der Waals surface area contributed by atoms with E-state index in [0.717, 1.165) is 39.1 Å². The lowest BCUT2D eigenvalue weighted by Gasteiger charge is -2.35. The van der Waals surface area contributed by atoms with E-state index >= 15 is 0 Å². The molecule has 0 aromatic heterocycles. The van der Waals surface area contributed by atoms with Gasteiger partial charge in [0.2, 0.25) is 0 Å². The van der Waals surface area contributed by atoms with Crippen LogP contribution in [0.1, 0.15) is 33.1 Å². The maximum absolute atomic E-state index is 6.16. The molecule has 0 aromatic rings. The fraction of sp³-hybridized carbons (Fsp3) is 0.846. The second kappa shape index (κ2) is 7.05. The van der Waals surface area contributed by atoms with Crippen LogP contribution in [0.3, 0.4) is 0 Å². The Morgan fingerprint density at radius 2 is 2.38 bits per heavy atom. The first-order valence-corrected chi connectivity index (χ1v) is 6.37. The van der Waals surface area contributed by atoms with Gasteiger partial charge in [0.15, 0.2) is 0 Å². The van der Waals surface area contributed by atoms with Crippen molar-refractivity contribution in [3.8, 4) is 0 Å². The molecule has 2 N–H and O–H groups in total. The highest BCUT2D eigenvalue weighted by Gasteiger charge is 2.24. The van der Waals surface area contributed by atoms with Crippen LogP contribution in [-0.4, -0.2) is 43.3 Å². The second-order valence-electron chi connectivity index (χ2n) is 4.87. The standard InChI is InChI=1S/C13H26N2O/c1-4-7-15-8-9-16-13(10-15)12(14)6-5-11(2)3/h12-13H,2,4-10,14H2,1,3H3. The van der Waals surface area contributed by atoms with Crippen molar-refractivity contribution >= 4 is 0 Å². The number of morpholine rings is 1. The second-order valence-corrected chi connectivity index (χ2v) is 4.87. The molecule has 0 spiro atoms. The van der Waals surface area contributed by atoms with Gasteiger partial charge in [-0.05, 0) is 32.7 Å². The number of hydrogen-bond donors (Lipinski definition) is 1. The molecule has 2 unspecified atom stereocenters. The number of hydrogen-bond acceptors (Lipinski definition) is 3. The minimum atomic E-state index is 0.149. The van der Waals surface area contributed by atoms with Crippen LogP contribution in [0.15, 0.2) is 12.2 Å². The molecule has 0 amide bonds. The van der Waals surface area contributed by atoms with Crippen LogP contribution in [0, 0.1) is 0 Å². The fourth-order valence-electron chi connectivity index (χ4n) is 2.11. The van der Waals surface area contributed by atoms with Gasteiger partial charge in [0.05, 0.1) is 12.7 Å². The predicted octanol–water partition coefficient (Wildman–Crippen LogP) is 1.78. The van der Waals surface area contributed by atoms with Crippen molar-refractivity contribution < 1.29 is 4.74 Å². The summed E-state index contributed by atoms with van der Waals surface area (Å²) in [5.74, 6) is 0. The van der Waals surface area contributed by atoms with Crippen molar-refractivity contribution in [2.45, 2.75) is 45.3 Å². The first-order valence-electron chi connectivity index (χ1n) is 6.37. The molecular weight excluding hydrogens is 200 g/mol. The first kappa shape index (κ1) is 13.7. The summed E-state index contributed by atoms with van der Waals surface area (Å²) in [5, 5.41) is 0. The Kier molecular flexibility index (Phi) is 6.03. The summed E-state index contributed by atoms with van der Waals surface area (Å²) < 4.78 is 5.75. The zero-order valence-electron chi connectivity index (χ0n) is 10.7. The molecule has 3 heteroatoms. The van der Waals surface area contributed by atoms with Gasteiger partial charge in [-0.15, -0.1) is 6.58 Å². The summed E-state index contributed by atoms with van der Waals surface area (Å²) in [5.41, 5.74) is 7.37. The Morgan fingerprint density at radius 1 is 1.62 bits per heavy atom. The molecule has 0 aliphatic carbocycles. The maximum Gasteiger partial charge on any atom is 0.0853 e. The summed E-state index contributed by atoms with van der Waals surface area (Å²) in [6, 6.07) is 0.149. The quantitative estimate of drug-likeness (QED) is 0.702. The largest absolute Gasteiger partial charge is 0.374 e. The molecule has 2 atom stereocenters. The molecule has 1 fully saturated rings. The summed E-state index contributed by atoms with van der Waals surface area (Å²) >= 11 is 0. The Hall–Kier alpha value is -0.380. The van der Waals surface area contributed by atoms with Gasteiger partial charge < -0.3 is 10.5 Å². The number of ether oxygens (including phenoxy) is 1.